The van der Waals surface area contributed by atoms with Gasteiger partial charge in [-0.2, -0.15) is 0 Å². The second-order valence-electron chi connectivity index (χ2n) is 6.12. The van der Waals surface area contributed by atoms with Gasteiger partial charge in [-0.3, -0.25) is 4.79 Å². The number of para-hydroxylation sites is 1. The first kappa shape index (κ1) is 17.4. The van der Waals surface area contributed by atoms with Gasteiger partial charge in [0.15, 0.2) is 0 Å². The molecule has 138 valence electrons. The lowest BCUT2D eigenvalue weighted by Gasteiger charge is -2.09. The Bertz CT molecular complexity index is 1110. The Kier molecular flexibility index (Phi) is 4.79. The van der Waals surface area contributed by atoms with Gasteiger partial charge < -0.3 is 15.2 Å². The molecule has 28 heavy (non-hydrogen) atoms. The number of aromatic nitrogens is 3. The number of rotatable bonds is 5. The molecule has 2 N–H and O–H groups in total. The summed E-state index contributed by atoms with van der Waals surface area (Å²) in [6.45, 7) is 1.71. The highest BCUT2D eigenvalue weighted by Gasteiger charge is 2.13. The minimum atomic E-state index is -0.315. The number of benzene rings is 1. The van der Waals surface area contributed by atoms with Gasteiger partial charge in [-0.15, -0.1) is 0 Å². The monoisotopic (exact) mass is 371 g/mol. The first-order valence-electron chi connectivity index (χ1n) is 8.66. The minimum absolute atomic E-state index is 0.315. The van der Waals surface area contributed by atoms with E-state index in [-0.39, 0.29) is 5.91 Å². The van der Waals surface area contributed by atoms with Crippen LogP contribution in [0.15, 0.2) is 77.8 Å². The van der Waals surface area contributed by atoms with Crippen LogP contribution < -0.4 is 10.6 Å². The minimum Gasteiger partial charge on any atom is -0.364 e. The number of nitrogens with zero attached hydrogens (tertiary/aromatic N) is 3. The zero-order chi connectivity index (χ0) is 19.3. The van der Waals surface area contributed by atoms with E-state index < -0.39 is 0 Å². The molecule has 0 atom stereocenters. The van der Waals surface area contributed by atoms with Crippen LogP contribution in [0.25, 0.3) is 11.1 Å². The van der Waals surface area contributed by atoms with Crippen LogP contribution in [0.1, 0.15) is 16.1 Å². The van der Waals surface area contributed by atoms with E-state index in [0.29, 0.717) is 17.1 Å². The van der Waals surface area contributed by atoms with Crippen molar-refractivity contribution in [1.82, 2.24) is 15.1 Å². The van der Waals surface area contributed by atoms with E-state index in [0.717, 1.165) is 22.6 Å². The predicted octanol–water partition coefficient (Wildman–Crippen LogP) is 4.44. The van der Waals surface area contributed by atoms with Gasteiger partial charge >= 0.3 is 0 Å². The van der Waals surface area contributed by atoms with Gasteiger partial charge in [-0.25, -0.2) is 9.97 Å². The standard InChI is InChI=1S/C21H17N5O2/c1-14-18(13-28-26-14)21(27)25-20-12-16(8-10-23-20)15-7-9-22-19(11-15)24-17-5-3-2-4-6-17/h2-13H,1H3,(H,22,24)(H,23,25,27). The summed E-state index contributed by atoms with van der Waals surface area (Å²) in [6, 6.07) is 17.4. The molecular weight excluding hydrogens is 354 g/mol. The molecule has 1 aromatic carbocycles. The van der Waals surface area contributed by atoms with E-state index in [2.05, 4.69) is 25.8 Å². The maximum absolute atomic E-state index is 12.3. The summed E-state index contributed by atoms with van der Waals surface area (Å²) in [5.41, 5.74) is 3.72. The molecule has 0 aliphatic rings. The highest BCUT2D eigenvalue weighted by molar-refractivity contribution is 6.04. The van der Waals surface area contributed by atoms with Gasteiger partial charge in [-0.05, 0) is 54.4 Å². The predicted molar refractivity (Wildman–Crippen MR) is 106 cm³/mol. The first-order valence-corrected chi connectivity index (χ1v) is 8.66. The van der Waals surface area contributed by atoms with Crippen molar-refractivity contribution in [3.05, 3.63) is 84.5 Å². The maximum Gasteiger partial charge on any atom is 0.262 e. The van der Waals surface area contributed by atoms with Crippen LogP contribution in [0.5, 0.6) is 0 Å². The third kappa shape index (κ3) is 3.88. The van der Waals surface area contributed by atoms with Gasteiger partial charge in [0.05, 0.1) is 5.69 Å². The van der Waals surface area contributed by atoms with Gasteiger partial charge in [0.2, 0.25) is 0 Å². The van der Waals surface area contributed by atoms with Crippen molar-refractivity contribution < 1.29 is 9.32 Å². The zero-order valence-corrected chi connectivity index (χ0v) is 15.1. The van der Waals surface area contributed by atoms with E-state index >= 15 is 0 Å². The molecule has 0 aliphatic carbocycles. The molecule has 7 nitrogen and oxygen atoms in total. The molecule has 3 aromatic heterocycles. The molecule has 0 aliphatic heterocycles. The number of aryl methyl sites for hydroxylation is 1. The number of anilines is 3. The largest absolute Gasteiger partial charge is 0.364 e. The summed E-state index contributed by atoms with van der Waals surface area (Å²) in [6.07, 6.45) is 4.70. The highest BCUT2D eigenvalue weighted by Crippen LogP contribution is 2.24. The van der Waals surface area contributed by atoms with Gasteiger partial charge in [0, 0.05) is 18.1 Å². The van der Waals surface area contributed by atoms with Crippen LogP contribution in [0.3, 0.4) is 0 Å². The number of hydrogen-bond acceptors (Lipinski definition) is 6. The molecule has 4 rings (SSSR count). The fourth-order valence-electron chi connectivity index (χ4n) is 2.72. The Hall–Kier alpha value is -4.00. The molecular formula is C21H17N5O2. The second kappa shape index (κ2) is 7.71. The van der Waals surface area contributed by atoms with Crippen LogP contribution in [0, 0.1) is 6.92 Å². The average molecular weight is 371 g/mol. The lowest BCUT2D eigenvalue weighted by atomic mass is 10.1. The first-order chi connectivity index (χ1) is 13.7. The molecule has 7 heteroatoms. The SMILES string of the molecule is Cc1nocc1C(=O)Nc1cc(-c2ccnc(Nc3ccccc3)c2)ccn1. The second-order valence-corrected chi connectivity index (χ2v) is 6.12. The van der Waals surface area contributed by atoms with E-state index in [4.69, 9.17) is 4.52 Å². The third-order valence-corrected chi connectivity index (χ3v) is 4.14. The summed E-state index contributed by atoms with van der Waals surface area (Å²) < 4.78 is 4.81. The number of hydrogen-bond donors (Lipinski definition) is 2. The van der Waals surface area contributed by atoms with Crippen molar-refractivity contribution in [2.45, 2.75) is 6.92 Å². The molecule has 0 bridgehead atoms. The fraction of sp³-hybridized carbons (Fsp3) is 0.0476. The van der Waals surface area contributed by atoms with Gasteiger partial charge in [0.1, 0.15) is 23.5 Å². The molecule has 0 radical (unpaired) electrons. The highest BCUT2D eigenvalue weighted by atomic mass is 16.5. The Morgan fingerprint density at radius 1 is 0.929 bits per heavy atom. The molecule has 4 aromatic rings. The molecule has 0 unspecified atom stereocenters. The topological polar surface area (TPSA) is 92.9 Å². The average Bonchev–Trinajstić information content (AvgIpc) is 3.15. The van der Waals surface area contributed by atoms with E-state index in [1.54, 1.807) is 19.3 Å². The molecule has 0 spiro atoms. The van der Waals surface area contributed by atoms with Crippen molar-refractivity contribution in [1.29, 1.82) is 0 Å². The number of nitrogens with one attached hydrogen (secondary N) is 2. The number of amides is 1. The quantitative estimate of drug-likeness (QED) is 0.539. The van der Waals surface area contributed by atoms with E-state index in [1.807, 2.05) is 54.6 Å². The summed E-state index contributed by atoms with van der Waals surface area (Å²) in [5.74, 6) is 0.855. The summed E-state index contributed by atoms with van der Waals surface area (Å²) in [7, 11) is 0. The lowest BCUT2D eigenvalue weighted by molar-refractivity contribution is 0.102. The normalized spacial score (nSPS) is 10.5. The van der Waals surface area contributed by atoms with Crippen LogP contribution in [-0.4, -0.2) is 21.0 Å². The van der Waals surface area contributed by atoms with Gasteiger partial charge in [-0.1, -0.05) is 23.4 Å². The molecule has 0 fully saturated rings. The van der Waals surface area contributed by atoms with Crippen LogP contribution >= 0.6 is 0 Å². The lowest BCUT2D eigenvalue weighted by Crippen LogP contribution is -2.13. The Balaban J connectivity index is 1.55. The smallest absolute Gasteiger partial charge is 0.262 e. The zero-order valence-electron chi connectivity index (χ0n) is 15.1. The van der Waals surface area contributed by atoms with Gasteiger partial charge in [0.25, 0.3) is 5.91 Å². The Morgan fingerprint density at radius 2 is 1.61 bits per heavy atom. The molecule has 0 saturated carbocycles. The molecule has 0 saturated heterocycles. The van der Waals surface area contributed by atoms with Crippen molar-refractivity contribution in [2.24, 2.45) is 0 Å². The maximum atomic E-state index is 12.3. The van der Waals surface area contributed by atoms with Crippen molar-refractivity contribution in [3.8, 4) is 11.1 Å². The summed E-state index contributed by atoms with van der Waals surface area (Å²) >= 11 is 0. The van der Waals surface area contributed by atoms with E-state index in [9.17, 15) is 4.79 Å². The number of carbonyl (C=O) groups is 1. The van der Waals surface area contributed by atoms with Crippen LogP contribution in [0.2, 0.25) is 0 Å². The van der Waals surface area contributed by atoms with Crippen LogP contribution in [-0.2, 0) is 0 Å². The van der Waals surface area contributed by atoms with Crippen molar-refractivity contribution >= 4 is 23.2 Å². The summed E-state index contributed by atoms with van der Waals surface area (Å²) in [5, 5.41) is 9.76. The number of pyridine rings is 2. The molecule has 1 amide bonds. The van der Waals surface area contributed by atoms with Crippen molar-refractivity contribution in [2.75, 3.05) is 10.6 Å². The summed E-state index contributed by atoms with van der Waals surface area (Å²) in [4.78, 5) is 20.9. The fourth-order valence-corrected chi connectivity index (χ4v) is 2.72. The number of carbonyl (C=O) groups excluding carboxylic acids is 1. The molecule has 3 heterocycles. The Labute approximate surface area is 161 Å². The van der Waals surface area contributed by atoms with E-state index in [1.165, 1.54) is 6.26 Å². The Morgan fingerprint density at radius 3 is 2.29 bits per heavy atom. The van der Waals surface area contributed by atoms with Crippen molar-refractivity contribution in [3.63, 3.8) is 0 Å². The third-order valence-electron chi connectivity index (χ3n) is 4.14. The van der Waals surface area contributed by atoms with Crippen LogP contribution in [0.4, 0.5) is 17.3 Å².